The topological polar surface area (TPSA) is 79.9 Å². The van der Waals surface area contributed by atoms with Gasteiger partial charge in [-0.05, 0) is 48.5 Å². The van der Waals surface area contributed by atoms with Crippen LogP contribution in [0.15, 0.2) is 54.6 Å². The largest absolute Gasteiger partial charge is 0.497 e. The van der Waals surface area contributed by atoms with Crippen molar-refractivity contribution in [2.24, 2.45) is 0 Å². The summed E-state index contributed by atoms with van der Waals surface area (Å²) >= 11 is 0. The van der Waals surface area contributed by atoms with Gasteiger partial charge in [0.1, 0.15) is 18.1 Å². The Hall–Kier alpha value is -3.59. The number of aromatic nitrogens is 2. The third-order valence-electron chi connectivity index (χ3n) is 3.71. The van der Waals surface area contributed by atoms with Crippen LogP contribution in [-0.2, 0) is 4.79 Å². The Balaban J connectivity index is 1.99. The molecule has 3 rings (SSSR count). The third-order valence-corrected chi connectivity index (χ3v) is 3.71. The molecule has 0 aliphatic rings. The minimum absolute atomic E-state index is 0.261. The fourth-order valence-corrected chi connectivity index (χ4v) is 2.48. The Morgan fingerprint density at radius 1 is 1.20 bits per heavy atom. The highest BCUT2D eigenvalue weighted by Crippen LogP contribution is 2.26. The van der Waals surface area contributed by atoms with Crippen LogP contribution in [0, 0.1) is 11.3 Å². The van der Waals surface area contributed by atoms with Gasteiger partial charge in [0.15, 0.2) is 5.69 Å². The van der Waals surface area contributed by atoms with Crippen LogP contribution in [0.1, 0.15) is 5.69 Å². The molecule has 0 aliphatic heterocycles. The van der Waals surface area contributed by atoms with Crippen LogP contribution in [-0.4, -0.2) is 29.7 Å². The highest BCUT2D eigenvalue weighted by molar-refractivity contribution is 5.65. The number of carbonyl (C=O) groups excluding carboxylic acids is 1. The van der Waals surface area contributed by atoms with Gasteiger partial charge in [-0.1, -0.05) is 0 Å². The first-order valence-corrected chi connectivity index (χ1v) is 7.67. The fourth-order valence-electron chi connectivity index (χ4n) is 2.48. The molecule has 0 spiro atoms. The van der Waals surface area contributed by atoms with E-state index >= 15 is 0 Å². The Morgan fingerprint density at radius 2 is 1.92 bits per heavy atom. The Morgan fingerprint density at radius 3 is 2.52 bits per heavy atom. The monoisotopic (exact) mass is 332 g/mol. The van der Waals surface area contributed by atoms with E-state index in [4.69, 9.17) is 4.74 Å². The van der Waals surface area contributed by atoms with E-state index in [1.807, 2.05) is 48.5 Å². The van der Waals surface area contributed by atoms with E-state index in [0.717, 1.165) is 34.7 Å². The van der Waals surface area contributed by atoms with Crippen LogP contribution in [0.3, 0.4) is 0 Å². The summed E-state index contributed by atoms with van der Waals surface area (Å²) < 4.78 is 6.91. The molecule has 0 saturated carbocycles. The normalized spacial score (nSPS) is 10.1. The van der Waals surface area contributed by atoms with Gasteiger partial charge in [-0.25, -0.2) is 4.68 Å². The van der Waals surface area contributed by atoms with Crippen LogP contribution in [0.5, 0.6) is 5.75 Å². The van der Waals surface area contributed by atoms with Gasteiger partial charge in [0.2, 0.25) is 0 Å². The zero-order chi connectivity index (χ0) is 17.6. The summed E-state index contributed by atoms with van der Waals surface area (Å²) in [5.41, 5.74) is 3.75. The minimum Gasteiger partial charge on any atom is -0.497 e. The molecular weight excluding hydrogens is 316 g/mol. The molecule has 0 radical (unpaired) electrons. The zero-order valence-electron chi connectivity index (χ0n) is 13.6. The molecule has 0 bridgehead atoms. The molecule has 0 aliphatic carbocycles. The van der Waals surface area contributed by atoms with Crippen molar-refractivity contribution in [1.29, 1.82) is 5.26 Å². The van der Waals surface area contributed by atoms with Crippen LogP contribution < -0.4 is 10.1 Å². The number of hydrogen-bond donors (Lipinski definition) is 1. The number of nitriles is 1. The van der Waals surface area contributed by atoms with E-state index in [-0.39, 0.29) is 6.54 Å². The Labute approximate surface area is 145 Å². The number of ether oxygens (including phenoxy) is 1. The molecule has 6 nitrogen and oxygen atoms in total. The molecule has 6 heteroatoms. The number of hydrogen-bond acceptors (Lipinski definition) is 5. The third kappa shape index (κ3) is 3.51. The Bertz CT molecular complexity index is 906. The molecule has 1 N–H and O–H groups in total. The van der Waals surface area contributed by atoms with E-state index in [2.05, 4.69) is 16.5 Å². The van der Waals surface area contributed by atoms with Crippen LogP contribution in [0.25, 0.3) is 16.9 Å². The number of nitrogens with one attached hydrogen (secondary N) is 1. The number of nitrogens with zero attached hydrogens (tertiary/aromatic N) is 3. The van der Waals surface area contributed by atoms with E-state index in [9.17, 15) is 10.1 Å². The van der Waals surface area contributed by atoms with Crippen molar-refractivity contribution in [3.63, 3.8) is 0 Å². The molecule has 1 heterocycles. The van der Waals surface area contributed by atoms with Crippen molar-refractivity contribution in [3.8, 4) is 28.8 Å². The molecule has 25 heavy (non-hydrogen) atoms. The second-order valence-corrected chi connectivity index (χ2v) is 5.26. The predicted molar refractivity (Wildman–Crippen MR) is 94.8 cm³/mol. The molecule has 1 aromatic heterocycles. The summed E-state index contributed by atoms with van der Waals surface area (Å²) in [7, 11) is 1.62. The second kappa shape index (κ2) is 7.32. The zero-order valence-corrected chi connectivity index (χ0v) is 13.6. The van der Waals surface area contributed by atoms with Gasteiger partial charge >= 0.3 is 0 Å². The number of anilines is 1. The summed E-state index contributed by atoms with van der Waals surface area (Å²) in [4.78, 5) is 10.4. The van der Waals surface area contributed by atoms with Gasteiger partial charge in [0, 0.05) is 17.3 Å². The summed E-state index contributed by atoms with van der Waals surface area (Å²) in [6.45, 7) is 0.261. The quantitative estimate of drug-likeness (QED) is 0.702. The molecule has 0 unspecified atom stereocenters. The number of aldehydes is 1. The molecule has 124 valence electrons. The lowest BCUT2D eigenvalue weighted by Gasteiger charge is -2.09. The number of carbonyl (C=O) groups is 1. The van der Waals surface area contributed by atoms with Gasteiger partial charge in [-0.15, -0.1) is 0 Å². The maximum absolute atomic E-state index is 10.4. The summed E-state index contributed by atoms with van der Waals surface area (Å²) in [5, 5.41) is 16.5. The summed E-state index contributed by atoms with van der Waals surface area (Å²) in [6, 6.07) is 18.9. The van der Waals surface area contributed by atoms with E-state index in [1.54, 1.807) is 17.9 Å². The summed E-state index contributed by atoms with van der Waals surface area (Å²) in [5.74, 6) is 0.765. The molecule has 2 aromatic carbocycles. The van der Waals surface area contributed by atoms with Crippen molar-refractivity contribution in [1.82, 2.24) is 9.78 Å². The lowest BCUT2D eigenvalue weighted by molar-refractivity contribution is -0.106. The van der Waals surface area contributed by atoms with E-state index < -0.39 is 0 Å². The van der Waals surface area contributed by atoms with Crippen molar-refractivity contribution >= 4 is 12.0 Å². The highest BCUT2D eigenvalue weighted by atomic mass is 16.5. The van der Waals surface area contributed by atoms with Gasteiger partial charge in [0.05, 0.1) is 25.0 Å². The van der Waals surface area contributed by atoms with Crippen molar-refractivity contribution < 1.29 is 9.53 Å². The lowest BCUT2D eigenvalue weighted by atomic mass is 10.1. The standard InChI is InChI=1S/C19H16N4O2/c1-25-18-8-2-14(3-9-18)19-12-16(13-20)22-23(19)17-6-4-15(5-7-17)21-10-11-24/h2-9,11-12,21H,10H2,1H3. The van der Waals surface area contributed by atoms with Gasteiger partial charge in [0.25, 0.3) is 0 Å². The molecular formula is C19H16N4O2. The van der Waals surface area contributed by atoms with Crippen LogP contribution >= 0.6 is 0 Å². The summed E-state index contributed by atoms with van der Waals surface area (Å²) in [6.07, 6.45) is 0.808. The van der Waals surface area contributed by atoms with Crippen molar-refractivity contribution in [2.75, 3.05) is 19.0 Å². The molecule has 3 aromatic rings. The average Bonchev–Trinajstić information content (AvgIpc) is 3.11. The molecule has 0 saturated heterocycles. The predicted octanol–water partition coefficient (Wildman–Crippen LogP) is 3.03. The van der Waals surface area contributed by atoms with Gasteiger partial charge in [-0.2, -0.15) is 10.4 Å². The van der Waals surface area contributed by atoms with Crippen molar-refractivity contribution in [2.45, 2.75) is 0 Å². The smallest absolute Gasteiger partial charge is 0.163 e. The first kappa shape index (κ1) is 16.3. The van der Waals surface area contributed by atoms with E-state index in [0.29, 0.717) is 5.69 Å². The van der Waals surface area contributed by atoms with E-state index in [1.165, 1.54) is 0 Å². The van der Waals surface area contributed by atoms with Gasteiger partial charge in [-0.3, -0.25) is 0 Å². The first-order chi connectivity index (χ1) is 12.2. The maximum atomic E-state index is 10.4. The molecule has 0 atom stereocenters. The number of rotatable bonds is 6. The van der Waals surface area contributed by atoms with Crippen LogP contribution in [0.2, 0.25) is 0 Å². The number of methoxy groups -OCH3 is 1. The molecule has 0 fully saturated rings. The van der Waals surface area contributed by atoms with Gasteiger partial charge < -0.3 is 14.8 Å². The lowest BCUT2D eigenvalue weighted by Crippen LogP contribution is -2.03. The highest BCUT2D eigenvalue weighted by Gasteiger charge is 2.12. The average molecular weight is 332 g/mol. The minimum atomic E-state index is 0.261. The first-order valence-electron chi connectivity index (χ1n) is 7.67. The van der Waals surface area contributed by atoms with Crippen molar-refractivity contribution in [3.05, 3.63) is 60.3 Å². The number of benzene rings is 2. The Kier molecular flexibility index (Phi) is 4.77. The second-order valence-electron chi connectivity index (χ2n) is 5.26. The molecule has 0 amide bonds. The SMILES string of the molecule is COc1ccc(-c2cc(C#N)nn2-c2ccc(NCC=O)cc2)cc1. The fraction of sp³-hybridized carbons (Fsp3) is 0.105. The maximum Gasteiger partial charge on any atom is 0.163 e. The van der Waals surface area contributed by atoms with Crippen LogP contribution in [0.4, 0.5) is 5.69 Å².